The second-order valence-corrected chi connectivity index (χ2v) is 7.82. The lowest BCUT2D eigenvalue weighted by Crippen LogP contribution is -2.43. The van der Waals surface area contributed by atoms with Gasteiger partial charge in [0.2, 0.25) is 0 Å². The summed E-state index contributed by atoms with van der Waals surface area (Å²) < 4.78 is 11.0. The maximum Gasteiger partial charge on any atom is 0.188 e. The van der Waals surface area contributed by atoms with Crippen LogP contribution in [0.5, 0.6) is 0 Å². The third-order valence-corrected chi connectivity index (χ3v) is 5.98. The molecule has 0 fully saturated rings. The van der Waals surface area contributed by atoms with Crippen molar-refractivity contribution in [1.82, 2.24) is 9.34 Å². The molecule has 0 aliphatic rings. The summed E-state index contributed by atoms with van der Waals surface area (Å²) in [5.41, 5.74) is 0. The minimum atomic E-state index is -0.841. The Morgan fingerprint density at radius 2 is 1.14 bits per heavy atom. The summed E-state index contributed by atoms with van der Waals surface area (Å²) in [5, 5.41) is 20.7. The van der Waals surface area contributed by atoms with E-state index in [-0.39, 0.29) is 0 Å². The number of nitriles is 1. The maximum atomic E-state index is 8.74. The van der Waals surface area contributed by atoms with Crippen LogP contribution in [0.1, 0.15) is 61.8 Å². The van der Waals surface area contributed by atoms with Gasteiger partial charge in [-0.3, -0.25) is 0 Å². The summed E-state index contributed by atoms with van der Waals surface area (Å²) in [6.45, 7) is 18.2. The Hall–Kier alpha value is -0.780. The molecule has 22 heavy (non-hydrogen) atoms. The van der Waals surface area contributed by atoms with Gasteiger partial charge in [-0.15, -0.1) is 0 Å². The first-order valence-corrected chi connectivity index (χ1v) is 8.97. The van der Waals surface area contributed by atoms with Gasteiger partial charge in [0.25, 0.3) is 0 Å². The van der Waals surface area contributed by atoms with Gasteiger partial charge in [0.15, 0.2) is 8.45 Å². The molecular weight excluding hydrogens is 297 g/mol. The fraction of sp³-hybridized carbons (Fsp3) is 0.933. The van der Waals surface area contributed by atoms with Gasteiger partial charge in [-0.25, -0.2) is 9.34 Å². The van der Waals surface area contributed by atoms with E-state index in [2.05, 4.69) is 70.8 Å². The van der Waals surface area contributed by atoms with Gasteiger partial charge in [-0.05, 0) is 55.4 Å². The first-order valence-electron chi connectivity index (χ1n) is 7.80. The number of hydrogen-bond donors (Lipinski definition) is 0. The summed E-state index contributed by atoms with van der Waals surface area (Å²) in [6.07, 6.45) is 0.451. The van der Waals surface area contributed by atoms with Crippen molar-refractivity contribution in [1.29, 1.82) is 16.0 Å². The summed E-state index contributed by atoms with van der Waals surface area (Å²) in [4.78, 5) is 0. The highest BCUT2D eigenvalue weighted by molar-refractivity contribution is 7.47. The molecule has 7 heteroatoms. The Morgan fingerprint density at radius 3 is 1.36 bits per heavy atom. The molecule has 0 amide bonds. The zero-order valence-electron chi connectivity index (χ0n) is 15.3. The Kier molecular flexibility index (Phi) is 13.6. The van der Waals surface area contributed by atoms with E-state index in [1.54, 1.807) is 0 Å². The second-order valence-electron chi connectivity index (χ2n) is 6.13. The fourth-order valence-corrected chi connectivity index (χ4v) is 4.75. The van der Waals surface area contributed by atoms with E-state index >= 15 is 0 Å². The maximum absolute atomic E-state index is 8.74. The highest BCUT2D eigenvalue weighted by Gasteiger charge is 2.34. The predicted octanol–water partition coefficient (Wildman–Crippen LogP) is 4.41. The molecule has 6 nitrogen and oxygen atoms in total. The average Bonchev–Trinajstić information content (AvgIpc) is 2.39. The molecule has 0 spiro atoms. The van der Waals surface area contributed by atoms with E-state index in [0.29, 0.717) is 37.2 Å². The topological polar surface area (TPSA) is 87.1 Å². The number of nitrogens with zero attached hydrogens (tertiary/aromatic N) is 5. The minimum Gasteiger partial charge on any atom is -0.330 e. The molecule has 0 aliphatic carbocycles. The van der Waals surface area contributed by atoms with Crippen molar-refractivity contribution in [2.75, 3.05) is 6.61 Å². The fourth-order valence-electron chi connectivity index (χ4n) is 2.41. The summed E-state index contributed by atoms with van der Waals surface area (Å²) in [7, 11) is -0.841. The molecule has 0 radical (unpaired) electrons. The molecule has 0 unspecified atom stereocenters. The highest BCUT2D eigenvalue weighted by Crippen LogP contribution is 2.50. The Bertz CT molecular complexity index is 303. The van der Waals surface area contributed by atoms with Crippen LogP contribution in [0.25, 0.3) is 0 Å². The van der Waals surface area contributed by atoms with Gasteiger partial charge < -0.3 is 4.52 Å². The summed E-state index contributed by atoms with van der Waals surface area (Å²) >= 11 is 0. The van der Waals surface area contributed by atoms with E-state index in [4.69, 9.17) is 20.6 Å². The Balaban J connectivity index is 0. The van der Waals surface area contributed by atoms with Gasteiger partial charge in [-0.2, -0.15) is 5.26 Å². The zero-order chi connectivity index (χ0) is 17.9. The van der Waals surface area contributed by atoms with Crippen molar-refractivity contribution >= 4 is 8.45 Å². The lowest BCUT2D eigenvalue weighted by molar-refractivity contribution is 0.189. The number of hydrogen-bond acceptors (Lipinski definition) is 6. The van der Waals surface area contributed by atoms with Gasteiger partial charge in [0.05, 0.1) is 19.1 Å². The molecule has 0 bridgehead atoms. The lowest BCUT2D eigenvalue weighted by atomic mass is 10.3. The number of rotatable bonds is 9. The van der Waals surface area contributed by atoms with Crippen LogP contribution in [-0.4, -0.2) is 40.1 Å². The van der Waals surface area contributed by atoms with Crippen molar-refractivity contribution in [3.8, 4) is 6.07 Å². The normalized spacial score (nSPS) is 11.6. The highest BCUT2D eigenvalue weighted by atomic mass is 31.2. The predicted molar refractivity (Wildman–Crippen MR) is 90.8 cm³/mol. The molecule has 0 aromatic heterocycles. The molecule has 0 saturated carbocycles. The Labute approximate surface area is 137 Å². The van der Waals surface area contributed by atoms with Crippen LogP contribution >= 0.6 is 8.45 Å². The molecular formula is C15H32N5OP. The molecule has 0 heterocycles. The monoisotopic (exact) mass is 329 g/mol. The first kappa shape index (κ1) is 23.5. The average molecular weight is 329 g/mol. The minimum absolute atomic E-state index is 0.420. The molecule has 128 valence electrons. The van der Waals surface area contributed by atoms with Crippen LogP contribution in [-0.2, 0) is 4.52 Å². The van der Waals surface area contributed by atoms with Crippen molar-refractivity contribution in [2.24, 2.45) is 0 Å². The molecule has 0 N–H and O–H groups in total. The van der Waals surface area contributed by atoms with E-state index in [9.17, 15) is 0 Å². The third-order valence-electron chi connectivity index (χ3n) is 2.93. The van der Waals surface area contributed by atoms with Crippen LogP contribution < -0.4 is 0 Å². The van der Waals surface area contributed by atoms with E-state index in [1.807, 2.05) is 0 Å². The molecule has 0 rings (SSSR count). The van der Waals surface area contributed by atoms with Crippen LogP contribution in [0.15, 0.2) is 0 Å². The van der Waals surface area contributed by atoms with Crippen molar-refractivity contribution in [3.05, 3.63) is 0 Å². The summed E-state index contributed by atoms with van der Waals surface area (Å²) in [6, 6.07) is 3.84. The third kappa shape index (κ3) is 8.01. The Morgan fingerprint density at radius 1 is 0.818 bits per heavy atom. The van der Waals surface area contributed by atoms with E-state index in [1.165, 1.54) is 0 Å². The van der Waals surface area contributed by atoms with Crippen LogP contribution in [0.4, 0.5) is 0 Å². The van der Waals surface area contributed by atoms with Gasteiger partial charge in [0.1, 0.15) is 0 Å². The van der Waals surface area contributed by atoms with Crippen molar-refractivity contribution in [3.63, 3.8) is 0 Å². The largest absolute Gasteiger partial charge is 0.330 e. The SMILES string of the molecule is CC(C)N(C(C)C)P(OCCC#N)N(C(C)C)C(C)C.N#N. The molecule has 0 aliphatic heterocycles. The quantitative estimate of drug-likeness (QED) is 0.354. The first-order chi connectivity index (χ1) is 10.2. The molecule has 0 saturated heterocycles. The second kappa shape index (κ2) is 12.7. The van der Waals surface area contributed by atoms with Crippen molar-refractivity contribution in [2.45, 2.75) is 86.0 Å². The van der Waals surface area contributed by atoms with Crippen LogP contribution in [0.3, 0.4) is 0 Å². The van der Waals surface area contributed by atoms with E-state index in [0.717, 1.165) is 0 Å². The lowest BCUT2D eigenvalue weighted by Gasteiger charge is -2.45. The van der Waals surface area contributed by atoms with Crippen LogP contribution in [0.2, 0.25) is 0 Å². The zero-order valence-corrected chi connectivity index (χ0v) is 16.2. The summed E-state index contributed by atoms with van der Waals surface area (Å²) in [5.74, 6) is 0. The standard InChI is InChI=1S/C15H32N3OP.N2/c1-12(2)17(13(3)4)20(19-11-9-10-16)18(14(5)6)15(7)8;1-2/h12-15H,9,11H2,1-8H3;. The van der Waals surface area contributed by atoms with Gasteiger partial charge in [-0.1, -0.05) is 0 Å². The molecule has 0 atom stereocenters. The molecule has 0 aromatic rings. The van der Waals surface area contributed by atoms with Crippen LogP contribution in [0, 0.1) is 22.1 Å². The van der Waals surface area contributed by atoms with Gasteiger partial charge in [0, 0.05) is 35.0 Å². The molecule has 0 aromatic carbocycles. The van der Waals surface area contributed by atoms with Gasteiger partial charge >= 0.3 is 0 Å². The van der Waals surface area contributed by atoms with Crippen molar-refractivity contribution < 1.29 is 4.52 Å². The smallest absolute Gasteiger partial charge is 0.188 e. The van der Waals surface area contributed by atoms with E-state index < -0.39 is 8.45 Å².